The van der Waals surface area contributed by atoms with E-state index < -0.39 is 5.91 Å². The SMILES string of the molecule is NC(=O)c1c(NC(=O)CSc2nc3ncccn3n2)sc2c1CCCC2. The first-order valence-electron chi connectivity index (χ1n) is 8.16. The lowest BCUT2D eigenvalue weighted by Crippen LogP contribution is -2.19. The zero-order valence-corrected chi connectivity index (χ0v) is 15.4. The molecule has 3 aromatic rings. The van der Waals surface area contributed by atoms with Gasteiger partial charge in [0.05, 0.1) is 11.3 Å². The number of rotatable bonds is 5. The number of aromatic nitrogens is 4. The minimum Gasteiger partial charge on any atom is -0.365 e. The van der Waals surface area contributed by atoms with Crippen molar-refractivity contribution in [1.82, 2.24) is 19.6 Å². The summed E-state index contributed by atoms with van der Waals surface area (Å²) in [6.45, 7) is 0. The summed E-state index contributed by atoms with van der Waals surface area (Å²) in [5.41, 5.74) is 7.02. The highest BCUT2D eigenvalue weighted by molar-refractivity contribution is 7.99. The van der Waals surface area contributed by atoms with Crippen molar-refractivity contribution in [2.45, 2.75) is 30.8 Å². The van der Waals surface area contributed by atoms with E-state index in [4.69, 9.17) is 5.73 Å². The number of thiophene rings is 1. The molecule has 10 heteroatoms. The van der Waals surface area contributed by atoms with E-state index in [1.807, 2.05) is 0 Å². The van der Waals surface area contributed by atoms with Gasteiger partial charge in [-0.05, 0) is 37.3 Å². The number of nitrogens with zero attached hydrogens (tertiary/aromatic N) is 4. The summed E-state index contributed by atoms with van der Waals surface area (Å²) in [4.78, 5) is 33.7. The highest BCUT2D eigenvalue weighted by Crippen LogP contribution is 2.37. The molecule has 134 valence electrons. The Hall–Kier alpha value is -2.46. The van der Waals surface area contributed by atoms with E-state index in [-0.39, 0.29) is 11.7 Å². The molecular formula is C16H16N6O2S2. The summed E-state index contributed by atoms with van der Waals surface area (Å²) in [6.07, 6.45) is 7.29. The molecule has 0 fully saturated rings. The maximum atomic E-state index is 12.3. The molecule has 0 spiro atoms. The zero-order chi connectivity index (χ0) is 18.1. The predicted octanol–water partition coefficient (Wildman–Crippen LogP) is 1.89. The Bertz CT molecular complexity index is 963. The molecule has 0 unspecified atom stereocenters. The minimum absolute atomic E-state index is 0.137. The maximum Gasteiger partial charge on any atom is 0.253 e. The highest BCUT2D eigenvalue weighted by Gasteiger charge is 2.25. The fraction of sp³-hybridized carbons (Fsp3) is 0.312. The second-order valence-electron chi connectivity index (χ2n) is 5.87. The molecule has 8 nitrogen and oxygen atoms in total. The van der Waals surface area contributed by atoms with Gasteiger partial charge in [-0.1, -0.05) is 11.8 Å². The van der Waals surface area contributed by atoms with Crippen LogP contribution in [0.5, 0.6) is 0 Å². The molecule has 0 aromatic carbocycles. The molecule has 1 aliphatic rings. The quantitative estimate of drug-likeness (QED) is 0.645. The van der Waals surface area contributed by atoms with E-state index in [0.29, 0.717) is 21.5 Å². The van der Waals surface area contributed by atoms with Crippen LogP contribution in [0.25, 0.3) is 5.78 Å². The third kappa shape index (κ3) is 3.29. The zero-order valence-electron chi connectivity index (χ0n) is 13.8. The van der Waals surface area contributed by atoms with Gasteiger partial charge in [-0.25, -0.2) is 9.50 Å². The molecule has 3 aromatic heterocycles. The van der Waals surface area contributed by atoms with Crippen molar-refractivity contribution in [3.63, 3.8) is 0 Å². The number of thioether (sulfide) groups is 1. The van der Waals surface area contributed by atoms with Crippen molar-refractivity contribution < 1.29 is 9.59 Å². The van der Waals surface area contributed by atoms with Gasteiger partial charge in [-0.3, -0.25) is 9.59 Å². The van der Waals surface area contributed by atoms with Gasteiger partial charge in [-0.15, -0.1) is 16.4 Å². The minimum atomic E-state index is -0.486. The fourth-order valence-corrected chi connectivity index (χ4v) is 4.92. The molecule has 4 rings (SSSR count). The van der Waals surface area contributed by atoms with E-state index >= 15 is 0 Å². The average molecular weight is 388 g/mol. The summed E-state index contributed by atoms with van der Waals surface area (Å²) in [5, 5.41) is 8.10. The van der Waals surface area contributed by atoms with Gasteiger partial charge in [0.25, 0.3) is 11.7 Å². The van der Waals surface area contributed by atoms with Crippen LogP contribution in [0.4, 0.5) is 5.00 Å². The van der Waals surface area contributed by atoms with Crippen molar-refractivity contribution in [2.24, 2.45) is 5.73 Å². The van der Waals surface area contributed by atoms with E-state index in [1.54, 1.807) is 23.0 Å². The number of carbonyl (C=O) groups excluding carboxylic acids is 2. The molecule has 3 heterocycles. The first-order chi connectivity index (χ1) is 12.6. The third-order valence-corrected chi connectivity index (χ3v) is 6.15. The van der Waals surface area contributed by atoms with E-state index in [9.17, 15) is 9.59 Å². The Balaban J connectivity index is 1.46. The number of fused-ring (bicyclic) bond motifs is 2. The normalized spacial score (nSPS) is 13.5. The highest BCUT2D eigenvalue weighted by atomic mass is 32.2. The summed E-state index contributed by atoms with van der Waals surface area (Å²) < 4.78 is 1.55. The molecule has 0 saturated heterocycles. The molecule has 2 amide bonds. The second-order valence-corrected chi connectivity index (χ2v) is 7.92. The smallest absolute Gasteiger partial charge is 0.253 e. The summed E-state index contributed by atoms with van der Waals surface area (Å²) in [5.74, 6) is -0.0850. The molecule has 0 bridgehead atoms. The molecular weight excluding hydrogens is 372 g/mol. The monoisotopic (exact) mass is 388 g/mol. The summed E-state index contributed by atoms with van der Waals surface area (Å²) in [6, 6.07) is 1.76. The van der Waals surface area contributed by atoms with E-state index in [0.717, 1.165) is 36.1 Å². The van der Waals surface area contributed by atoms with Crippen LogP contribution in [0.3, 0.4) is 0 Å². The largest absolute Gasteiger partial charge is 0.365 e. The molecule has 1 aliphatic carbocycles. The van der Waals surface area contributed by atoms with Crippen molar-refractivity contribution in [3.05, 3.63) is 34.5 Å². The second kappa shape index (κ2) is 7.04. The number of nitrogens with one attached hydrogen (secondary N) is 1. The Morgan fingerprint density at radius 2 is 2.19 bits per heavy atom. The van der Waals surface area contributed by atoms with Gasteiger partial charge in [0.1, 0.15) is 5.00 Å². The van der Waals surface area contributed by atoms with E-state index in [1.165, 1.54) is 23.1 Å². The van der Waals surface area contributed by atoms with Gasteiger partial charge >= 0.3 is 0 Å². The number of aryl methyl sites for hydroxylation is 1. The van der Waals surface area contributed by atoms with Crippen LogP contribution < -0.4 is 11.1 Å². The lowest BCUT2D eigenvalue weighted by Gasteiger charge is -2.11. The van der Waals surface area contributed by atoms with Crippen molar-refractivity contribution in [1.29, 1.82) is 0 Å². The number of carbonyl (C=O) groups is 2. The van der Waals surface area contributed by atoms with Gasteiger partial charge in [-0.2, -0.15) is 4.98 Å². The number of anilines is 1. The van der Waals surface area contributed by atoms with Gasteiger partial charge in [0.15, 0.2) is 0 Å². The number of amides is 2. The summed E-state index contributed by atoms with van der Waals surface area (Å²) >= 11 is 2.67. The molecule has 3 N–H and O–H groups in total. The van der Waals surface area contributed by atoms with Gasteiger partial charge in [0, 0.05) is 17.3 Å². The Morgan fingerprint density at radius 1 is 1.35 bits per heavy atom. The molecule has 26 heavy (non-hydrogen) atoms. The van der Waals surface area contributed by atoms with Crippen LogP contribution >= 0.6 is 23.1 Å². The third-order valence-electron chi connectivity index (χ3n) is 4.10. The van der Waals surface area contributed by atoms with E-state index in [2.05, 4.69) is 20.4 Å². The molecule has 0 radical (unpaired) electrons. The molecule has 0 atom stereocenters. The van der Waals surface area contributed by atoms with Crippen LogP contribution in [0.2, 0.25) is 0 Å². The standard InChI is InChI=1S/C16H16N6O2S2/c17-13(24)12-9-4-1-2-5-10(9)26-14(12)19-11(23)8-25-16-20-15-18-6-3-7-22(15)21-16/h3,6-7H,1-2,4-5,8H2,(H2,17,24)(H,19,23). The van der Waals surface area contributed by atoms with Crippen molar-refractivity contribution >= 4 is 45.7 Å². The summed E-state index contributed by atoms with van der Waals surface area (Å²) in [7, 11) is 0. The van der Waals surface area contributed by atoms with Gasteiger partial charge < -0.3 is 11.1 Å². The van der Waals surface area contributed by atoms with Crippen LogP contribution in [0.1, 0.15) is 33.6 Å². The lowest BCUT2D eigenvalue weighted by molar-refractivity contribution is -0.113. The van der Waals surface area contributed by atoms with Gasteiger partial charge in [0.2, 0.25) is 11.1 Å². The van der Waals surface area contributed by atoms with Crippen molar-refractivity contribution in [2.75, 3.05) is 11.1 Å². The first-order valence-corrected chi connectivity index (χ1v) is 9.96. The predicted molar refractivity (Wildman–Crippen MR) is 99.6 cm³/mol. The van der Waals surface area contributed by atoms with Crippen LogP contribution in [0, 0.1) is 0 Å². The lowest BCUT2D eigenvalue weighted by atomic mass is 9.95. The number of nitrogens with two attached hydrogens (primary N) is 1. The Kier molecular flexibility index (Phi) is 4.60. The number of primary amides is 1. The number of hydrogen-bond donors (Lipinski definition) is 2. The first kappa shape index (κ1) is 17.0. The maximum absolute atomic E-state index is 12.3. The topological polar surface area (TPSA) is 115 Å². The molecule has 0 saturated carbocycles. The van der Waals surface area contributed by atoms with Crippen LogP contribution in [-0.2, 0) is 17.6 Å². The average Bonchev–Trinajstić information content (AvgIpc) is 3.20. The van der Waals surface area contributed by atoms with Crippen LogP contribution in [0.15, 0.2) is 23.6 Å². The fourth-order valence-electron chi connectivity index (χ4n) is 2.98. The molecule has 0 aliphatic heterocycles. The van der Waals surface area contributed by atoms with Crippen molar-refractivity contribution in [3.8, 4) is 0 Å². The number of hydrogen-bond acceptors (Lipinski definition) is 7. The van der Waals surface area contributed by atoms with Crippen LogP contribution in [-0.4, -0.2) is 37.1 Å². The Morgan fingerprint density at radius 3 is 3.00 bits per heavy atom. The Labute approximate surface area is 157 Å².